The van der Waals surface area contributed by atoms with Crippen LogP contribution in [0, 0.1) is 13.8 Å². The van der Waals surface area contributed by atoms with E-state index in [0.717, 1.165) is 5.25 Å². The van der Waals surface area contributed by atoms with Gasteiger partial charge in [-0.15, -0.1) is 0 Å². The Morgan fingerprint density at radius 1 is 1.31 bits per heavy atom. The lowest BCUT2D eigenvalue weighted by atomic mass is 10.1. The van der Waals surface area contributed by atoms with Crippen LogP contribution in [0.5, 0.6) is 0 Å². The van der Waals surface area contributed by atoms with E-state index in [2.05, 4.69) is 65.9 Å². The van der Waals surface area contributed by atoms with Crippen LogP contribution in [0.4, 0.5) is 5.69 Å². The maximum absolute atomic E-state index is 3.66. The Labute approximate surface area is 111 Å². The number of benzene rings is 1. The molecule has 1 N–H and O–H groups in total. The molecule has 2 rings (SSSR count). The van der Waals surface area contributed by atoms with Crippen LogP contribution in [-0.2, 0) is 0 Å². The third-order valence-electron chi connectivity index (χ3n) is 3.16. The van der Waals surface area contributed by atoms with Gasteiger partial charge in [-0.3, -0.25) is 0 Å². The van der Waals surface area contributed by atoms with Crippen LogP contribution in [0.2, 0.25) is 0 Å². The maximum Gasteiger partial charge on any atom is 0.0385 e. The fourth-order valence-corrected chi connectivity index (χ4v) is 3.59. The Bertz CT molecular complexity index is 369. The van der Waals surface area contributed by atoms with Crippen molar-refractivity contribution in [2.75, 3.05) is 11.1 Å². The topological polar surface area (TPSA) is 12.0 Å². The Kier molecular flexibility index (Phi) is 3.85. The Morgan fingerprint density at radius 2 is 1.94 bits per heavy atom. The third-order valence-corrected chi connectivity index (χ3v) is 5.74. The van der Waals surface area contributed by atoms with Crippen molar-refractivity contribution in [3.8, 4) is 0 Å². The van der Waals surface area contributed by atoms with Crippen LogP contribution in [-0.4, -0.2) is 17.0 Å². The van der Waals surface area contributed by atoms with Crippen LogP contribution < -0.4 is 5.32 Å². The van der Waals surface area contributed by atoms with E-state index in [9.17, 15) is 0 Å². The van der Waals surface area contributed by atoms with E-state index in [0.29, 0.717) is 6.04 Å². The molecule has 1 heterocycles. The Balaban J connectivity index is 2.15. The minimum absolute atomic E-state index is 0.630. The highest BCUT2D eigenvalue weighted by Gasteiger charge is 2.23. The highest BCUT2D eigenvalue weighted by Crippen LogP contribution is 2.31. The molecule has 0 bridgehead atoms. The van der Waals surface area contributed by atoms with Gasteiger partial charge >= 0.3 is 0 Å². The van der Waals surface area contributed by atoms with Gasteiger partial charge in [-0.1, -0.05) is 22.9 Å². The summed E-state index contributed by atoms with van der Waals surface area (Å²) in [6, 6.07) is 5.09. The standard InChI is InChI=1S/C13H18BrNS/c1-8-6-11(7-9(2)13(8)14)15-12-4-5-16-10(12)3/h6-7,10,12,15H,4-5H2,1-3H3. The summed E-state index contributed by atoms with van der Waals surface area (Å²) >= 11 is 5.67. The summed E-state index contributed by atoms with van der Waals surface area (Å²) in [7, 11) is 0. The van der Waals surface area contributed by atoms with E-state index >= 15 is 0 Å². The average molecular weight is 300 g/mol. The fourth-order valence-electron chi connectivity index (χ4n) is 2.16. The number of anilines is 1. The van der Waals surface area contributed by atoms with Gasteiger partial charge in [-0.25, -0.2) is 0 Å². The summed E-state index contributed by atoms with van der Waals surface area (Å²) in [5.41, 5.74) is 3.87. The summed E-state index contributed by atoms with van der Waals surface area (Å²) in [6.07, 6.45) is 1.28. The monoisotopic (exact) mass is 299 g/mol. The number of hydrogen-bond donors (Lipinski definition) is 1. The largest absolute Gasteiger partial charge is 0.381 e. The van der Waals surface area contributed by atoms with Crippen molar-refractivity contribution in [3.05, 3.63) is 27.7 Å². The van der Waals surface area contributed by atoms with E-state index in [1.807, 2.05) is 0 Å². The average Bonchev–Trinajstić information content (AvgIpc) is 2.61. The first kappa shape index (κ1) is 12.3. The number of rotatable bonds is 2. The first-order valence-electron chi connectivity index (χ1n) is 5.73. The zero-order valence-corrected chi connectivity index (χ0v) is 12.4. The van der Waals surface area contributed by atoms with Gasteiger partial charge < -0.3 is 5.32 Å². The number of halogens is 1. The van der Waals surface area contributed by atoms with Crippen molar-refractivity contribution in [2.24, 2.45) is 0 Å². The number of hydrogen-bond acceptors (Lipinski definition) is 2. The molecule has 88 valence electrons. The lowest BCUT2D eigenvalue weighted by molar-refractivity contribution is 0.724. The van der Waals surface area contributed by atoms with Crippen LogP contribution in [0.3, 0.4) is 0 Å². The molecular weight excluding hydrogens is 282 g/mol. The van der Waals surface area contributed by atoms with Crippen LogP contribution in [0.15, 0.2) is 16.6 Å². The van der Waals surface area contributed by atoms with Gasteiger partial charge in [0.25, 0.3) is 0 Å². The maximum atomic E-state index is 3.66. The first-order valence-corrected chi connectivity index (χ1v) is 7.57. The molecule has 3 heteroatoms. The molecule has 0 spiro atoms. The summed E-state index contributed by atoms with van der Waals surface area (Å²) in [5.74, 6) is 1.29. The van der Waals surface area contributed by atoms with E-state index < -0.39 is 0 Å². The smallest absolute Gasteiger partial charge is 0.0385 e. The number of thioether (sulfide) groups is 1. The Morgan fingerprint density at radius 3 is 2.44 bits per heavy atom. The summed E-state index contributed by atoms with van der Waals surface area (Å²) < 4.78 is 1.23. The SMILES string of the molecule is Cc1cc(NC2CCSC2C)cc(C)c1Br. The van der Waals surface area contributed by atoms with Crippen molar-refractivity contribution in [3.63, 3.8) is 0 Å². The summed E-state index contributed by atoms with van der Waals surface area (Å²) in [5, 5.41) is 4.38. The minimum atomic E-state index is 0.630. The molecule has 1 saturated heterocycles. The van der Waals surface area contributed by atoms with Crippen molar-refractivity contribution >= 4 is 33.4 Å². The molecule has 16 heavy (non-hydrogen) atoms. The zero-order valence-electron chi connectivity index (χ0n) is 10.0. The molecule has 0 radical (unpaired) electrons. The zero-order chi connectivity index (χ0) is 11.7. The molecule has 1 aromatic carbocycles. The van der Waals surface area contributed by atoms with Crippen LogP contribution in [0.25, 0.3) is 0 Å². The summed E-state index contributed by atoms with van der Waals surface area (Å²) in [6.45, 7) is 6.61. The van der Waals surface area contributed by atoms with Gasteiger partial charge in [-0.05, 0) is 49.3 Å². The molecule has 0 aromatic heterocycles. The predicted molar refractivity (Wildman–Crippen MR) is 77.6 cm³/mol. The van der Waals surface area contributed by atoms with Crippen molar-refractivity contribution in [1.29, 1.82) is 0 Å². The van der Waals surface area contributed by atoms with E-state index in [1.165, 1.54) is 33.5 Å². The van der Waals surface area contributed by atoms with Gasteiger partial charge in [0, 0.05) is 21.5 Å². The molecule has 1 aliphatic rings. The highest BCUT2D eigenvalue weighted by molar-refractivity contribution is 9.10. The number of aryl methyl sites for hydroxylation is 2. The first-order chi connectivity index (χ1) is 7.58. The Hall–Kier alpha value is -0.150. The minimum Gasteiger partial charge on any atom is -0.381 e. The lowest BCUT2D eigenvalue weighted by Gasteiger charge is -2.19. The molecule has 2 atom stereocenters. The molecule has 2 unspecified atom stereocenters. The number of nitrogens with one attached hydrogen (secondary N) is 1. The quantitative estimate of drug-likeness (QED) is 0.870. The molecule has 0 saturated carbocycles. The van der Waals surface area contributed by atoms with E-state index in [4.69, 9.17) is 0 Å². The summed E-state index contributed by atoms with van der Waals surface area (Å²) in [4.78, 5) is 0. The van der Waals surface area contributed by atoms with Crippen LogP contribution >= 0.6 is 27.7 Å². The van der Waals surface area contributed by atoms with Gasteiger partial charge in [0.1, 0.15) is 0 Å². The van der Waals surface area contributed by atoms with Gasteiger partial charge in [0.2, 0.25) is 0 Å². The normalized spacial score (nSPS) is 24.8. The van der Waals surface area contributed by atoms with Crippen molar-refractivity contribution in [2.45, 2.75) is 38.5 Å². The van der Waals surface area contributed by atoms with Gasteiger partial charge in [0.15, 0.2) is 0 Å². The molecule has 0 aliphatic carbocycles. The lowest BCUT2D eigenvalue weighted by Crippen LogP contribution is -2.24. The van der Waals surface area contributed by atoms with Crippen LogP contribution in [0.1, 0.15) is 24.5 Å². The molecule has 1 aliphatic heterocycles. The van der Waals surface area contributed by atoms with Gasteiger partial charge in [0.05, 0.1) is 0 Å². The van der Waals surface area contributed by atoms with E-state index in [1.54, 1.807) is 0 Å². The third kappa shape index (κ3) is 2.57. The second kappa shape index (κ2) is 5.01. The second-order valence-corrected chi connectivity index (χ2v) is 6.82. The second-order valence-electron chi connectivity index (χ2n) is 4.54. The molecule has 1 fully saturated rings. The van der Waals surface area contributed by atoms with Crippen molar-refractivity contribution in [1.82, 2.24) is 0 Å². The molecular formula is C13H18BrNS. The fraction of sp³-hybridized carbons (Fsp3) is 0.538. The molecule has 1 nitrogen and oxygen atoms in total. The predicted octanol–water partition coefficient (Wildman–Crippen LogP) is 4.37. The highest BCUT2D eigenvalue weighted by atomic mass is 79.9. The van der Waals surface area contributed by atoms with Crippen molar-refractivity contribution < 1.29 is 0 Å². The van der Waals surface area contributed by atoms with Gasteiger partial charge in [-0.2, -0.15) is 11.8 Å². The van der Waals surface area contributed by atoms with E-state index in [-0.39, 0.29) is 0 Å². The molecule has 1 aromatic rings. The molecule has 0 amide bonds.